The second-order valence-electron chi connectivity index (χ2n) is 13.1. The molecule has 0 atom stereocenters. The highest BCUT2D eigenvalue weighted by molar-refractivity contribution is 5.79. The maximum Gasteiger partial charge on any atom is 0.417 e. The van der Waals surface area contributed by atoms with Gasteiger partial charge in [-0.2, -0.15) is 0 Å². The summed E-state index contributed by atoms with van der Waals surface area (Å²) < 4.78 is 24.8. The van der Waals surface area contributed by atoms with E-state index in [1.165, 1.54) is 4.90 Å². The molecule has 1 saturated heterocycles. The highest BCUT2D eigenvalue weighted by Crippen LogP contribution is 2.30. The zero-order chi connectivity index (χ0) is 34.2. The number of carbonyl (C=O) groups excluding carboxylic acids is 2. The van der Waals surface area contributed by atoms with Crippen molar-refractivity contribution in [1.82, 2.24) is 24.2 Å². The zero-order valence-corrected chi connectivity index (χ0v) is 28.3. The molecule has 6 rings (SSSR count). The normalized spacial score (nSPS) is 13.8. The van der Waals surface area contributed by atoms with Crippen LogP contribution >= 0.6 is 0 Å². The summed E-state index contributed by atoms with van der Waals surface area (Å²) >= 11 is 0. The zero-order valence-electron chi connectivity index (χ0n) is 28.3. The highest BCUT2D eigenvalue weighted by atomic mass is 16.6. The van der Waals surface area contributed by atoms with E-state index >= 15 is 0 Å². The summed E-state index contributed by atoms with van der Waals surface area (Å²) in [6.45, 7) is 9.25. The smallest absolute Gasteiger partial charge is 0.417 e. The third-order valence-electron chi connectivity index (χ3n) is 8.09. The molecule has 0 unspecified atom stereocenters. The predicted molar refractivity (Wildman–Crippen MR) is 185 cm³/mol. The molecule has 256 valence electrons. The van der Waals surface area contributed by atoms with Gasteiger partial charge in [-0.15, -0.1) is 0 Å². The van der Waals surface area contributed by atoms with E-state index in [4.69, 9.17) is 28.6 Å². The Hall–Kier alpha value is -5.00. The van der Waals surface area contributed by atoms with Crippen LogP contribution in [0.5, 0.6) is 5.88 Å². The van der Waals surface area contributed by atoms with Crippen LogP contribution in [-0.4, -0.2) is 87.8 Å². The molecular formula is C38H43N5O6. The number of nitrogens with zero attached hydrogens (tertiary/aromatic N) is 5. The lowest BCUT2D eigenvalue weighted by Crippen LogP contribution is -2.43. The maximum absolute atomic E-state index is 14.1. The number of fused-ring (bicyclic) bond motifs is 1. The molecule has 0 bridgehead atoms. The van der Waals surface area contributed by atoms with Gasteiger partial charge in [0.25, 0.3) is 0 Å². The Labute approximate surface area is 286 Å². The number of furan rings is 1. The number of imidazole rings is 1. The van der Waals surface area contributed by atoms with Gasteiger partial charge in [0.05, 0.1) is 37.3 Å². The van der Waals surface area contributed by atoms with Gasteiger partial charge in [-0.25, -0.2) is 14.8 Å². The topological polar surface area (TPSA) is 112 Å². The minimum absolute atomic E-state index is 0.243. The molecule has 49 heavy (non-hydrogen) atoms. The number of carbonyl (C=O) groups is 2. The van der Waals surface area contributed by atoms with Crippen molar-refractivity contribution in [2.45, 2.75) is 45.6 Å². The molecule has 1 aliphatic rings. The number of hydrogen-bond donors (Lipinski definition) is 0. The first-order chi connectivity index (χ1) is 23.7. The van der Waals surface area contributed by atoms with Crippen molar-refractivity contribution in [3.8, 4) is 17.1 Å². The molecule has 1 fully saturated rings. The first-order valence-electron chi connectivity index (χ1n) is 16.7. The number of esters is 1. The second kappa shape index (κ2) is 15.5. The first kappa shape index (κ1) is 33.9. The van der Waals surface area contributed by atoms with Gasteiger partial charge in [0.1, 0.15) is 23.6 Å². The summed E-state index contributed by atoms with van der Waals surface area (Å²) in [6.07, 6.45) is 4.22. The van der Waals surface area contributed by atoms with Gasteiger partial charge in [0.15, 0.2) is 5.65 Å². The largest absolute Gasteiger partial charge is 0.469 e. The number of ether oxygens (including phenoxy) is 3. The van der Waals surface area contributed by atoms with Crippen molar-refractivity contribution in [1.29, 1.82) is 0 Å². The SMILES string of the molecule is CC(C)(C)OC(=O)CN(CCCN1CCOCC1)C(=O)Oc1c(Cc2ccco2)nc2c(Cc3ccccc3)nc(-c3ccccc3)cn12. The van der Waals surface area contributed by atoms with Crippen LogP contribution in [0.15, 0.2) is 89.7 Å². The Bertz CT molecular complexity index is 1830. The van der Waals surface area contributed by atoms with Crippen LogP contribution in [0.2, 0.25) is 0 Å². The van der Waals surface area contributed by atoms with Gasteiger partial charge >= 0.3 is 12.1 Å². The quantitative estimate of drug-likeness (QED) is 0.147. The second-order valence-corrected chi connectivity index (χ2v) is 13.1. The molecule has 4 heterocycles. The summed E-state index contributed by atoms with van der Waals surface area (Å²) in [5.74, 6) is 0.399. The van der Waals surface area contributed by atoms with E-state index in [1.807, 2.05) is 79.0 Å². The third-order valence-corrected chi connectivity index (χ3v) is 8.09. The van der Waals surface area contributed by atoms with Gasteiger partial charge in [-0.3, -0.25) is 19.0 Å². The van der Waals surface area contributed by atoms with Crippen molar-refractivity contribution in [3.05, 3.63) is 108 Å². The van der Waals surface area contributed by atoms with Gasteiger partial charge in [-0.1, -0.05) is 60.7 Å². The van der Waals surface area contributed by atoms with Crippen molar-refractivity contribution in [3.63, 3.8) is 0 Å². The van der Waals surface area contributed by atoms with E-state index in [0.717, 1.165) is 36.5 Å². The lowest BCUT2D eigenvalue weighted by molar-refractivity contribution is -0.155. The summed E-state index contributed by atoms with van der Waals surface area (Å²) in [7, 11) is 0. The number of amides is 1. The number of rotatable bonds is 12. The van der Waals surface area contributed by atoms with Crippen LogP contribution in [0.25, 0.3) is 16.9 Å². The monoisotopic (exact) mass is 665 g/mol. The van der Waals surface area contributed by atoms with Crippen molar-refractivity contribution in [2.75, 3.05) is 45.9 Å². The molecule has 0 saturated carbocycles. The van der Waals surface area contributed by atoms with Crippen molar-refractivity contribution >= 4 is 17.7 Å². The summed E-state index contributed by atoms with van der Waals surface area (Å²) in [5.41, 5.74) is 3.79. The van der Waals surface area contributed by atoms with E-state index in [0.29, 0.717) is 55.4 Å². The van der Waals surface area contributed by atoms with Gasteiger partial charge in [-0.05, 0) is 44.9 Å². The fraction of sp³-hybridized carbons (Fsp3) is 0.368. The third kappa shape index (κ3) is 9.13. The maximum atomic E-state index is 14.1. The molecule has 1 amide bonds. The molecule has 5 aromatic rings. The molecule has 2 aromatic carbocycles. The molecule has 0 aliphatic carbocycles. The van der Waals surface area contributed by atoms with E-state index in [1.54, 1.807) is 31.4 Å². The minimum atomic E-state index is -0.700. The van der Waals surface area contributed by atoms with Gasteiger partial charge < -0.3 is 18.6 Å². The van der Waals surface area contributed by atoms with Crippen LogP contribution in [0.1, 0.15) is 49.9 Å². The molecule has 11 heteroatoms. The molecular weight excluding hydrogens is 622 g/mol. The Morgan fingerprint density at radius 3 is 2.33 bits per heavy atom. The Morgan fingerprint density at radius 2 is 1.63 bits per heavy atom. The fourth-order valence-electron chi connectivity index (χ4n) is 5.81. The lowest BCUT2D eigenvalue weighted by Gasteiger charge is -2.28. The van der Waals surface area contributed by atoms with Crippen LogP contribution in [0, 0.1) is 0 Å². The van der Waals surface area contributed by atoms with Crippen LogP contribution < -0.4 is 4.74 Å². The lowest BCUT2D eigenvalue weighted by atomic mass is 10.1. The van der Waals surface area contributed by atoms with E-state index < -0.39 is 17.7 Å². The molecule has 0 spiro atoms. The number of aromatic nitrogens is 3. The molecule has 3 aromatic heterocycles. The Kier molecular flexibility index (Phi) is 10.7. The van der Waals surface area contributed by atoms with Crippen molar-refractivity contribution < 1.29 is 28.2 Å². The van der Waals surface area contributed by atoms with Gasteiger partial charge in [0.2, 0.25) is 5.88 Å². The van der Waals surface area contributed by atoms with E-state index in [-0.39, 0.29) is 18.8 Å². The summed E-state index contributed by atoms with van der Waals surface area (Å²) in [6, 6.07) is 23.6. The number of benzene rings is 2. The minimum Gasteiger partial charge on any atom is -0.469 e. The Morgan fingerprint density at radius 1 is 0.898 bits per heavy atom. The fourth-order valence-corrected chi connectivity index (χ4v) is 5.81. The van der Waals surface area contributed by atoms with Gasteiger partial charge in [0, 0.05) is 44.4 Å². The average Bonchev–Trinajstić information content (AvgIpc) is 3.73. The van der Waals surface area contributed by atoms with Crippen molar-refractivity contribution in [2.24, 2.45) is 0 Å². The average molecular weight is 666 g/mol. The standard InChI is InChI=1S/C38H43N5O6/c1-38(2,3)49-34(44)27-42(18-11-17-41-19-22-46-23-20-41)37(45)48-36-32(25-30-16-10-21-47-30)40-35-31(24-28-12-6-4-7-13-28)39-33(26-43(35)36)29-14-8-5-9-15-29/h4-10,12-16,21,26H,11,17-20,22-25,27H2,1-3H3. The van der Waals surface area contributed by atoms with Crippen LogP contribution in [-0.2, 0) is 27.1 Å². The van der Waals surface area contributed by atoms with E-state index in [2.05, 4.69) is 4.90 Å². The summed E-state index contributed by atoms with van der Waals surface area (Å²) in [5, 5.41) is 0. The predicted octanol–water partition coefficient (Wildman–Crippen LogP) is 6.04. The first-order valence-corrected chi connectivity index (χ1v) is 16.7. The van der Waals surface area contributed by atoms with E-state index in [9.17, 15) is 9.59 Å². The molecule has 11 nitrogen and oxygen atoms in total. The van der Waals surface area contributed by atoms with Crippen LogP contribution in [0.4, 0.5) is 4.79 Å². The number of hydrogen-bond acceptors (Lipinski definition) is 9. The summed E-state index contributed by atoms with van der Waals surface area (Å²) in [4.78, 5) is 40.9. The highest BCUT2D eigenvalue weighted by Gasteiger charge is 2.28. The molecule has 0 radical (unpaired) electrons. The Balaban J connectivity index is 1.37. The van der Waals surface area contributed by atoms with Crippen LogP contribution in [0.3, 0.4) is 0 Å². The molecule has 1 aliphatic heterocycles. The molecule has 0 N–H and O–H groups in total. The number of morpholine rings is 1.